The van der Waals surface area contributed by atoms with Gasteiger partial charge >= 0.3 is 0 Å². The molecule has 0 atom stereocenters. The summed E-state index contributed by atoms with van der Waals surface area (Å²) in [6, 6.07) is 8.08. The summed E-state index contributed by atoms with van der Waals surface area (Å²) < 4.78 is 0. The zero-order valence-electron chi connectivity index (χ0n) is 8.29. The average Bonchev–Trinajstić information content (AvgIpc) is 2.24. The Balaban J connectivity index is 2.68. The molecule has 0 saturated carbocycles. The molecular formula is C12H16N2. The van der Waals surface area contributed by atoms with Crippen molar-refractivity contribution in [2.45, 2.75) is 0 Å². The van der Waals surface area contributed by atoms with Gasteiger partial charge in [0.1, 0.15) is 0 Å². The second-order valence-corrected chi connectivity index (χ2v) is 2.88. The molecule has 2 nitrogen and oxygen atoms in total. The van der Waals surface area contributed by atoms with E-state index in [9.17, 15) is 0 Å². The van der Waals surface area contributed by atoms with Crippen molar-refractivity contribution in [3.63, 3.8) is 0 Å². The summed E-state index contributed by atoms with van der Waals surface area (Å²) in [5, 5.41) is 6.51. The Kier molecular flexibility index (Phi) is 4.35. The van der Waals surface area contributed by atoms with Gasteiger partial charge in [-0.05, 0) is 12.1 Å². The lowest BCUT2D eigenvalue weighted by atomic mass is 10.2. The Morgan fingerprint density at radius 3 is 1.71 bits per heavy atom. The van der Waals surface area contributed by atoms with Gasteiger partial charge in [-0.25, -0.2) is 0 Å². The number of hydrogen-bond donors (Lipinski definition) is 2. The Hall–Kier alpha value is -1.70. The molecule has 0 aliphatic heterocycles. The smallest absolute Gasteiger partial charge is 0.0578 e. The predicted molar refractivity (Wildman–Crippen MR) is 63.8 cm³/mol. The maximum Gasteiger partial charge on any atom is 0.0578 e. The fraction of sp³-hybridized carbons (Fsp3) is 0.167. The topological polar surface area (TPSA) is 24.1 Å². The minimum atomic E-state index is 0.771. The lowest BCUT2D eigenvalue weighted by Crippen LogP contribution is -2.04. The van der Waals surface area contributed by atoms with Gasteiger partial charge in [0.15, 0.2) is 0 Å². The molecule has 0 aliphatic carbocycles. The van der Waals surface area contributed by atoms with Crippen molar-refractivity contribution in [2.75, 3.05) is 23.7 Å². The van der Waals surface area contributed by atoms with Crippen LogP contribution in [0.5, 0.6) is 0 Å². The molecule has 0 aromatic heterocycles. The van der Waals surface area contributed by atoms with Gasteiger partial charge in [-0.3, -0.25) is 0 Å². The first-order valence-electron chi connectivity index (χ1n) is 4.67. The zero-order chi connectivity index (χ0) is 10.2. The van der Waals surface area contributed by atoms with Crippen molar-refractivity contribution >= 4 is 11.4 Å². The normalized spacial score (nSPS) is 9.14. The van der Waals surface area contributed by atoms with Crippen LogP contribution in [0.2, 0.25) is 0 Å². The van der Waals surface area contributed by atoms with Gasteiger partial charge in [-0.2, -0.15) is 0 Å². The highest BCUT2D eigenvalue weighted by Crippen LogP contribution is 2.20. The third kappa shape index (κ3) is 2.98. The molecular weight excluding hydrogens is 172 g/mol. The summed E-state index contributed by atoms with van der Waals surface area (Å²) in [4.78, 5) is 0. The maximum atomic E-state index is 3.67. The van der Waals surface area contributed by atoms with E-state index in [2.05, 4.69) is 23.8 Å². The van der Waals surface area contributed by atoms with E-state index in [4.69, 9.17) is 0 Å². The minimum absolute atomic E-state index is 0.771. The van der Waals surface area contributed by atoms with Crippen LogP contribution in [-0.4, -0.2) is 13.1 Å². The van der Waals surface area contributed by atoms with Crippen LogP contribution in [-0.2, 0) is 0 Å². The van der Waals surface area contributed by atoms with Crippen molar-refractivity contribution in [2.24, 2.45) is 0 Å². The van der Waals surface area contributed by atoms with E-state index in [-0.39, 0.29) is 0 Å². The maximum absolute atomic E-state index is 3.67. The van der Waals surface area contributed by atoms with Crippen molar-refractivity contribution in [1.29, 1.82) is 0 Å². The van der Waals surface area contributed by atoms with Gasteiger partial charge in [-0.1, -0.05) is 24.3 Å². The number of hydrogen-bond acceptors (Lipinski definition) is 2. The second kappa shape index (κ2) is 5.86. The van der Waals surface area contributed by atoms with E-state index in [1.165, 1.54) is 0 Å². The SMILES string of the molecule is C=CCNc1ccccc1NCC=C. The van der Waals surface area contributed by atoms with Gasteiger partial charge < -0.3 is 10.6 Å². The van der Waals surface area contributed by atoms with Crippen molar-refractivity contribution in [3.05, 3.63) is 49.6 Å². The summed E-state index contributed by atoms with van der Waals surface area (Å²) >= 11 is 0. The summed E-state index contributed by atoms with van der Waals surface area (Å²) in [5.41, 5.74) is 2.18. The Morgan fingerprint density at radius 2 is 1.36 bits per heavy atom. The summed E-state index contributed by atoms with van der Waals surface area (Å²) in [6.45, 7) is 8.88. The summed E-state index contributed by atoms with van der Waals surface area (Å²) in [5.74, 6) is 0. The molecule has 0 radical (unpaired) electrons. The number of para-hydroxylation sites is 2. The molecule has 0 heterocycles. The quantitative estimate of drug-likeness (QED) is 0.671. The van der Waals surface area contributed by atoms with Crippen LogP contribution in [0.1, 0.15) is 0 Å². The molecule has 0 spiro atoms. The van der Waals surface area contributed by atoms with Crippen LogP contribution in [0.3, 0.4) is 0 Å². The lowest BCUT2D eigenvalue weighted by Gasteiger charge is -2.11. The van der Waals surface area contributed by atoms with Gasteiger partial charge in [0.25, 0.3) is 0 Å². The van der Waals surface area contributed by atoms with Crippen LogP contribution in [0.15, 0.2) is 49.6 Å². The molecule has 14 heavy (non-hydrogen) atoms. The number of rotatable bonds is 6. The molecule has 2 heteroatoms. The lowest BCUT2D eigenvalue weighted by molar-refractivity contribution is 1.30. The summed E-state index contributed by atoms with van der Waals surface area (Å²) in [7, 11) is 0. The van der Waals surface area contributed by atoms with Crippen molar-refractivity contribution in [3.8, 4) is 0 Å². The van der Waals surface area contributed by atoms with E-state index < -0.39 is 0 Å². The molecule has 1 aromatic rings. The van der Waals surface area contributed by atoms with E-state index in [1.54, 1.807) is 0 Å². The monoisotopic (exact) mass is 188 g/mol. The molecule has 0 fully saturated rings. The molecule has 0 saturated heterocycles. The van der Waals surface area contributed by atoms with E-state index in [1.807, 2.05) is 36.4 Å². The van der Waals surface area contributed by atoms with Gasteiger partial charge in [0, 0.05) is 13.1 Å². The highest BCUT2D eigenvalue weighted by atomic mass is 14.9. The molecule has 0 unspecified atom stereocenters. The van der Waals surface area contributed by atoms with Crippen molar-refractivity contribution < 1.29 is 0 Å². The Labute approximate surface area is 85.3 Å². The molecule has 2 N–H and O–H groups in total. The van der Waals surface area contributed by atoms with Crippen molar-refractivity contribution in [1.82, 2.24) is 0 Å². The minimum Gasteiger partial charge on any atom is -0.380 e. The van der Waals surface area contributed by atoms with E-state index in [0.717, 1.165) is 24.5 Å². The first-order valence-corrected chi connectivity index (χ1v) is 4.67. The first kappa shape index (κ1) is 10.4. The Bertz CT molecular complexity index is 274. The van der Waals surface area contributed by atoms with Crippen LogP contribution >= 0.6 is 0 Å². The van der Waals surface area contributed by atoms with E-state index in [0.29, 0.717) is 0 Å². The molecule has 0 amide bonds. The predicted octanol–water partition coefficient (Wildman–Crippen LogP) is 2.88. The third-order valence-electron chi connectivity index (χ3n) is 1.80. The van der Waals surface area contributed by atoms with Crippen LogP contribution < -0.4 is 10.6 Å². The number of anilines is 2. The van der Waals surface area contributed by atoms with Crippen LogP contribution in [0.4, 0.5) is 11.4 Å². The average molecular weight is 188 g/mol. The molecule has 0 aliphatic rings. The van der Waals surface area contributed by atoms with Crippen LogP contribution in [0.25, 0.3) is 0 Å². The second-order valence-electron chi connectivity index (χ2n) is 2.88. The number of benzene rings is 1. The number of nitrogens with one attached hydrogen (secondary N) is 2. The largest absolute Gasteiger partial charge is 0.380 e. The molecule has 1 rings (SSSR count). The molecule has 0 bridgehead atoms. The van der Waals surface area contributed by atoms with Gasteiger partial charge in [0.05, 0.1) is 11.4 Å². The van der Waals surface area contributed by atoms with E-state index >= 15 is 0 Å². The Morgan fingerprint density at radius 1 is 0.929 bits per heavy atom. The van der Waals surface area contributed by atoms with Crippen LogP contribution in [0, 0.1) is 0 Å². The molecule has 74 valence electrons. The van der Waals surface area contributed by atoms with Gasteiger partial charge in [0.2, 0.25) is 0 Å². The zero-order valence-corrected chi connectivity index (χ0v) is 8.29. The third-order valence-corrected chi connectivity index (χ3v) is 1.80. The first-order chi connectivity index (χ1) is 6.88. The highest BCUT2D eigenvalue weighted by Gasteiger charge is 1.97. The summed E-state index contributed by atoms with van der Waals surface area (Å²) in [6.07, 6.45) is 3.68. The highest BCUT2D eigenvalue weighted by molar-refractivity contribution is 5.68. The van der Waals surface area contributed by atoms with Gasteiger partial charge in [-0.15, -0.1) is 13.2 Å². The fourth-order valence-electron chi connectivity index (χ4n) is 1.16. The fourth-order valence-corrected chi connectivity index (χ4v) is 1.16. The standard InChI is InChI=1S/C12H16N2/c1-3-9-13-11-7-5-6-8-12(11)14-10-4-2/h3-8,13-14H,1-2,9-10H2. The molecule has 1 aromatic carbocycles.